The second kappa shape index (κ2) is 6.32. The highest BCUT2D eigenvalue weighted by Gasteiger charge is 2.02. The van der Waals surface area contributed by atoms with E-state index < -0.39 is 0 Å². The summed E-state index contributed by atoms with van der Waals surface area (Å²) >= 11 is 0. The van der Waals surface area contributed by atoms with Crippen molar-refractivity contribution in [1.29, 1.82) is 10.5 Å². The molecule has 4 nitrogen and oxygen atoms in total. The molecule has 0 unspecified atom stereocenters. The number of benzene rings is 1. The molecule has 0 aliphatic heterocycles. The molecule has 0 amide bonds. The molecule has 0 saturated carbocycles. The Hall–Kier alpha value is -2.46. The van der Waals surface area contributed by atoms with Crippen molar-refractivity contribution in [3.63, 3.8) is 0 Å². The Labute approximate surface area is 107 Å². The Morgan fingerprint density at radius 1 is 1.33 bits per heavy atom. The first-order valence-corrected chi connectivity index (χ1v) is 5.61. The molecule has 1 rings (SSSR count). The Kier molecular flexibility index (Phi) is 4.78. The number of anilines is 1. The fourth-order valence-corrected chi connectivity index (χ4v) is 1.34. The third-order valence-electron chi connectivity index (χ3n) is 2.19. The summed E-state index contributed by atoms with van der Waals surface area (Å²) in [5, 5.41) is 20.2. The maximum absolute atomic E-state index is 8.64. The van der Waals surface area contributed by atoms with Gasteiger partial charge in [-0.05, 0) is 32.4 Å². The van der Waals surface area contributed by atoms with E-state index in [1.165, 1.54) is 6.20 Å². The van der Waals surface area contributed by atoms with Crippen LogP contribution >= 0.6 is 0 Å². The van der Waals surface area contributed by atoms with Gasteiger partial charge in [-0.25, -0.2) is 0 Å². The van der Waals surface area contributed by atoms with Gasteiger partial charge < -0.3 is 10.1 Å². The van der Waals surface area contributed by atoms with Gasteiger partial charge in [-0.2, -0.15) is 10.5 Å². The van der Waals surface area contributed by atoms with Gasteiger partial charge in [-0.15, -0.1) is 0 Å². The lowest BCUT2D eigenvalue weighted by Gasteiger charge is -2.12. The highest BCUT2D eigenvalue weighted by Crippen LogP contribution is 2.23. The summed E-state index contributed by atoms with van der Waals surface area (Å²) in [6, 6.07) is 9.25. The molecule has 0 aliphatic carbocycles. The van der Waals surface area contributed by atoms with Crippen LogP contribution in [0.3, 0.4) is 0 Å². The lowest BCUT2D eigenvalue weighted by molar-refractivity contribution is 0.242. The summed E-state index contributed by atoms with van der Waals surface area (Å²) in [4.78, 5) is 0. The maximum atomic E-state index is 8.64. The Bertz CT molecular complexity index is 517. The lowest BCUT2D eigenvalue weighted by atomic mass is 10.2. The lowest BCUT2D eigenvalue weighted by Crippen LogP contribution is -2.06. The fraction of sp³-hybridized carbons (Fsp3) is 0.286. The minimum Gasteiger partial charge on any atom is -0.491 e. The second-order valence-corrected chi connectivity index (χ2v) is 4.07. The number of nitrogens with zero attached hydrogens (tertiary/aromatic N) is 2. The van der Waals surface area contributed by atoms with Crippen LogP contribution in [0.15, 0.2) is 30.0 Å². The van der Waals surface area contributed by atoms with Crippen LogP contribution in [0, 0.1) is 29.6 Å². The zero-order chi connectivity index (χ0) is 13.5. The quantitative estimate of drug-likeness (QED) is 0.822. The van der Waals surface area contributed by atoms with E-state index in [2.05, 4.69) is 5.32 Å². The van der Waals surface area contributed by atoms with Crippen molar-refractivity contribution < 1.29 is 4.74 Å². The minimum absolute atomic E-state index is 0.0320. The van der Waals surface area contributed by atoms with Crippen molar-refractivity contribution in [2.75, 3.05) is 5.32 Å². The summed E-state index contributed by atoms with van der Waals surface area (Å²) in [6.45, 7) is 5.85. The molecule has 1 N–H and O–H groups in total. The van der Waals surface area contributed by atoms with Crippen LogP contribution < -0.4 is 10.1 Å². The Morgan fingerprint density at radius 2 is 2.00 bits per heavy atom. The highest BCUT2D eigenvalue weighted by molar-refractivity contribution is 5.57. The van der Waals surface area contributed by atoms with Crippen molar-refractivity contribution in [2.24, 2.45) is 0 Å². The molecule has 4 heteroatoms. The van der Waals surface area contributed by atoms with E-state index in [9.17, 15) is 0 Å². The van der Waals surface area contributed by atoms with Crippen LogP contribution in [0.2, 0.25) is 0 Å². The van der Waals surface area contributed by atoms with Gasteiger partial charge in [-0.3, -0.25) is 0 Å². The number of nitriles is 2. The largest absolute Gasteiger partial charge is 0.491 e. The van der Waals surface area contributed by atoms with Crippen LogP contribution in [0.1, 0.15) is 19.4 Å². The van der Waals surface area contributed by atoms with E-state index >= 15 is 0 Å². The first kappa shape index (κ1) is 13.6. The number of nitrogens with one attached hydrogen (secondary N) is 1. The predicted octanol–water partition coefficient (Wildman–Crippen LogP) is 3.13. The molecule has 0 fully saturated rings. The van der Waals surface area contributed by atoms with Gasteiger partial charge in [0.25, 0.3) is 0 Å². The minimum atomic E-state index is 0.0320. The molecule has 92 valence electrons. The SMILES string of the molecule is Cc1ccc(OC(C)C)cc1NC=C(C#N)C#N. The predicted molar refractivity (Wildman–Crippen MR) is 69.9 cm³/mol. The fourth-order valence-electron chi connectivity index (χ4n) is 1.34. The first-order chi connectivity index (χ1) is 8.56. The standard InChI is InChI=1S/C14H15N3O/c1-10(2)18-13-5-4-11(3)14(6-13)17-9-12(7-15)8-16/h4-6,9-10,17H,1-3H3. The van der Waals surface area contributed by atoms with E-state index in [4.69, 9.17) is 15.3 Å². The smallest absolute Gasteiger partial charge is 0.145 e. The van der Waals surface area contributed by atoms with E-state index in [1.54, 1.807) is 12.1 Å². The van der Waals surface area contributed by atoms with Gasteiger partial charge in [0.05, 0.1) is 6.10 Å². The normalized spacial score (nSPS) is 9.22. The molecule has 0 spiro atoms. The first-order valence-electron chi connectivity index (χ1n) is 5.61. The molecular weight excluding hydrogens is 226 g/mol. The molecule has 0 bridgehead atoms. The molecule has 1 aromatic rings. The summed E-state index contributed by atoms with van der Waals surface area (Å²) in [7, 11) is 0. The summed E-state index contributed by atoms with van der Waals surface area (Å²) in [5.41, 5.74) is 1.86. The zero-order valence-electron chi connectivity index (χ0n) is 10.7. The van der Waals surface area contributed by atoms with Gasteiger partial charge in [0.2, 0.25) is 0 Å². The van der Waals surface area contributed by atoms with Gasteiger partial charge in [0.15, 0.2) is 0 Å². The van der Waals surface area contributed by atoms with Crippen molar-refractivity contribution >= 4 is 5.69 Å². The summed E-state index contributed by atoms with van der Waals surface area (Å²) in [6.07, 6.45) is 1.49. The highest BCUT2D eigenvalue weighted by atomic mass is 16.5. The number of ether oxygens (including phenoxy) is 1. The number of hydrogen-bond acceptors (Lipinski definition) is 4. The van der Waals surface area contributed by atoms with Crippen molar-refractivity contribution in [1.82, 2.24) is 0 Å². The van der Waals surface area contributed by atoms with Gasteiger partial charge in [0.1, 0.15) is 23.5 Å². The van der Waals surface area contributed by atoms with E-state index in [0.717, 1.165) is 17.0 Å². The summed E-state index contributed by atoms with van der Waals surface area (Å²) < 4.78 is 5.58. The van der Waals surface area contributed by atoms with Crippen LogP contribution in [-0.4, -0.2) is 6.10 Å². The third kappa shape index (κ3) is 3.84. The molecule has 0 radical (unpaired) electrons. The molecule has 0 saturated heterocycles. The second-order valence-electron chi connectivity index (χ2n) is 4.07. The van der Waals surface area contributed by atoms with Crippen molar-refractivity contribution in [3.8, 4) is 17.9 Å². The zero-order valence-corrected chi connectivity index (χ0v) is 10.7. The average molecular weight is 241 g/mol. The number of hydrogen-bond donors (Lipinski definition) is 1. The molecule has 0 atom stereocenters. The van der Waals surface area contributed by atoms with Gasteiger partial charge >= 0.3 is 0 Å². The maximum Gasteiger partial charge on any atom is 0.145 e. The molecule has 0 heterocycles. The Morgan fingerprint density at radius 3 is 2.56 bits per heavy atom. The van der Waals surface area contributed by atoms with Crippen molar-refractivity contribution in [2.45, 2.75) is 26.9 Å². The van der Waals surface area contributed by atoms with Crippen molar-refractivity contribution in [3.05, 3.63) is 35.5 Å². The number of aryl methyl sites for hydroxylation is 1. The molecule has 0 aliphatic rings. The topological polar surface area (TPSA) is 68.8 Å². The van der Waals surface area contributed by atoms with Crippen LogP contribution in [0.25, 0.3) is 0 Å². The summed E-state index contributed by atoms with van der Waals surface area (Å²) in [5.74, 6) is 0.752. The van der Waals surface area contributed by atoms with Crippen LogP contribution in [0.4, 0.5) is 5.69 Å². The van der Waals surface area contributed by atoms with Crippen LogP contribution in [0.5, 0.6) is 5.75 Å². The molecule has 0 aromatic heterocycles. The average Bonchev–Trinajstić information content (AvgIpc) is 2.33. The van der Waals surface area contributed by atoms with Crippen LogP contribution in [-0.2, 0) is 0 Å². The molecule has 1 aromatic carbocycles. The number of rotatable bonds is 4. The monoisotopic (exact) mass is 241 g/mol. The molecule has 18 heavy (non-hydrogen) atoms. The van der Waals surface area contributed by atoms with Gasteiger partial charge in [0, 0.05) is 18.0 Å². The Balaban J connectivity index is 2.92. The van der Waals surface area contributed by atoms with E-state index in [1.807, 2.05) is 39.0 Å². The van der Waals surface area contributed by atoms with E-state index in [0.29, 0.717) is 0 Å². The number of allylic oxidation sites excluding steroid dienone is 1. The third-order valence-corrected chi connectivity index (χ3v) is 2.19. The molecular formula is C14H15N3O. The van der Waals surface area contributed by atoms with Gasteiger partial charge in [-0.1, -0.05) is 6.07 Å². The van der Waals surface area contributed by atoms with E-state index in [-0.39, 0.29) is 11.7 Å².